The Morgan fingerprint density at radius 1 is 1.32 bits per heavy atom. The highest BCUT2D eigenvalue weighted by atomic mass is 19.1. The minimum atomic E-state index is -0.336. The van der Waals surface area contributed by atoms with Crippen molar-refractivity contribution in [3.8, 4) is 6.07 Å². The monoisotopic (exact) mass is 255 g/mol. The molecule has 0 spiro atoms. The Hall–Kier alpha value is -2.25. The number of nitriles is 1. The third-order valence-corrected chi connectivity index (χ3v) is 2.80. The molecule has 3 nitrogen and oxygen atoms in total. The summed E-state index contributed by atoms with van der Waals surface area (Å²) in [5.41, 5.74) is 2.01. The molecule has 1 aromatic heterocycles. The molecule has 0 atom stereocenters. The molecule has 0 fully saturated rings. The van der Waals surface area contributed by atoms with Gasteiger partial charge < -0.3 is 0 Å². The maximum absolute atomic E-state index is 13.7. The molecule has 0 radical (unpaired) electrons. The van der Waals surface area contributed by atoms with Crippen molar-refractivity contribution in [2.24, 2.45) is 0 Å². The van der Waals surface area contributed by atoms with E-state index in [0.717, 1.165) is 5.56 Å². The van der Waals surface area contributed by atoms with Gasteiger partial charge in [-0.25, -0.2) is 4.39 Å². The number of rotatable bonds is 4. The molecule has 1 heterocycles. The summed E-state index contributed by atoms with van der Waals surface area (Å²) >= 11 is 0. The highest BCUT2D eigenvalue weighted by Crippen LogP contribution is 2.13. The minimum Gasteiger partial charge on any atom is -0.298 e. The number of aromatic nitrogens is 1. The third-order valence-electron chi connectivity index (χ3n) is 2.80. The van der Waals surface area contributed by atoms with Gasteiger partial charge in [-0.3, -0.25) is 9.88 Å². The molecule has 2 rings (SSSR count). The molecule has 96 valence electrons. The highest BCUT2D eigenvalue weighted by molar-refractivity contribution is 5.32. The molecule has 19 heavy (non-hydrogen) atoms. The van der Waals surface area contributed by atoms with Crippen molar-refractivity contribution in [3.63, 3.8) is 0 Å². The first-order valence-corrected chi connectivity index (χ1v) is 5.95. The standard InChI is InChI=1S/C15H14FN3/c1-19(10-13-3-2-6-18-9-13)11-14-5-4-12(8-17)7-15(14)16/h2-7,9H,10-11H2,1H3. The van der Waals surface area contributed by atoms with Crippen LogP contribution in [0.5, 0.6) is 0 Å². The fourth-order valence-corrected chi connectivity index (χ4v) is 1.90. The van der Waals surface area contributed by atoms with E-state index in [4.69, 9.17) is 5.26 Å². The van der Waals surface area contributed by atoms with Gasteiger partial charge in [-0.1, -0.05) is 12.1 Å². The molecule has 0 aliphatic rings. The van der Waals surface area contributed by atoms with Crippen LogP contribution >= 0.6 is 0 Å². The number of halogens is 1. The molecule has 2 aromatic rings. The molecule has 0 saturated carbocycles. The van der Waals surface area contributed by atoms with Crippen LogP contribution in [0.1, 0.15) is 16.7 Å². The lowest BCUT2D eigenvalue weighted by atomic mass is 10.1. The van der Waals surface area contributed by atoms with Gasteiger partial charge in [-0.15, -0.1) is 0 Å². The Morgan fingerprint density at radius 2 is 2.16 bits per heavy atom. The SMILES string of the molecule is CN(Cc1cccnc1)Cc1ccc(C#N)cc1F. The fraction of sp³-hybridized carbons (Fsp3) is 0.200. The minimum absolute atomic E-state index is 0.336. The van der Waals surface area contributed by atoms with E-state index in [0.29, 0.717) is 24.2 Å². The van der Waals surface area contributed by atoms with Gasteiger partial charge in [0.2, 0.25) is 0 Å². The Kier molecular flexibility index (Phi) is 4.22. The zero-order chi connectivity index (χ0) is 13.7. The summed E-state index contributed by atoms with van der Waals surface area (Å²) < 4.78 is 13.7. The third kappa shape index (κ3) is 3.60. The summed E-state index contributed by atoms with van der Waals surface area (Å²) in [6.07, 6.45) is 3.52. The number of hydrogen-bond donors (Lipinski definition) is 0. The normalized spacial score (nSPS) is 10.4. The first-order chi connectivity index (χ1) is 9.19. The topological polar surface area (TPSA) is 39.9 Å². The first-order valence-electron chi connectivity index (χ1n) is 5.95. The van der Waals surface area contributed by atoms with Crippen molar-refractivity contribution in [1.29, 1.82) is 5.26 Å². The van der Waals surface area contributed by atoms with Crippen molar-refractivity contribution in [2.75, 3.05) is 7.05 Å². The summed E-state index contributed by atoms with van der Waals surface area (Å²) in [5.74, 6) is -0.336. The highest BCUT2D eigenvalue weighted by Gasteiger charge is 2.07. The van der Waals surface area contributed by atoms with E-state index in [2.05, 4.69) is 4.98 Å². The quantitative estimate of drug-likeness (QED) is 0.843. The zero-order valence-corrected chi connectivity index (χ0v) is 10.7. The lowest BCUT2D eigenvalue weighted by Crippen LogP contribution is -2.18. The Balaban J connectivity index is 2.03. The molecule has 0 saturated heterocycles. The van der Waals surface area contributed by atoms with E-state index in [1.165, 1.54) is 6.07 Å². The van der Waals surface area contributed by atoms with Crippen LogP contribution in [0.25, 0.3) is 0 Å². The smallest absolute Gasteiger partial charge is 0.129 e. The molecule has 0 amide bonds. The molecule has 0 N–H and O–H groups in total. The average Bonchev–Trinajstić information content (AvgIpc) is 2.42. The van der Waals surface area contributed by atoms with Crippen LogP contribution in [0, 0.1) is 17.1 Å². The number of benzene rings is 1. The van der Waals surface area contributed by atoms with Crippen molar-refractivity contribution >= 4 is 0 Å². The van der Waals surface area contributed by atoms with Gasteiger partial charge in [0, 0.05) is 31.0 Å². The van der Waals surface area contributed by atoms with Gasteiger partial charge in [-0.05, 0) is 30.8 Å². The van der Waals surface area contributed by atoms with Crippen LogP contribution in [0.3, 0.4) is 0 Å². The van der Waals surface area contributed by atoms with Gasteiger partial charge >= 0.3 is 0 Å². The van der Waals surface area contributed by atoms with Crippen LogP contribution in [0.2, 0.25) is 0 Å². The van der Waals surface area contributed by atoms with Crippen LogP contribution in [-0.2, 0) is 13.1 Å². The van der Waals surface area contributed by atoms with E-state index in [-0.39, 0.29) is 5.82 Å². The Labute approximate surface area is 111 Å². The largest absolute Gasteiger partial charge is 0.298 e. The summed E-state index contributed by atoms with van der Waals surface area (Å²) in [6, 6.07) is 10.4. The van der Waals surface area contributed by atoms with Crippen molar-refractivity contribution < 1.29 is 4.39 Å². The molecular formula is C15H14FN3. The summed E-state index contributed by atoms with van der Waals surface area (Å²) in [6.45, 7) is 1.19. The van der Waals surface area contributed by atoms with E-state index >= 15 is 0 Å². The van der Waals surface area contributed by atoms with Crippen LogP contribution < -0.4 is 0 Å². The number of hydrogen-bond acceptors (Lipinski definition) is 3. The van der Waals surface area contributed by atoms with Crippen molar-refractivity contribution in [2.45, 2.75) is 13.1 Å². The second-order valence-electron chi connectivity index (χ2n) is 4.45. The van der Waals surface area contributed by atoms with Gasteiger partial charge in [0.15, 0.2) is 0 Å². The molecule has 0 bridgehead atoms. The second kappa shape index (κ2) is 6.07. The van der Waals surface area contributed by atoms with Crippen LogP contribution in [0.4, 0.5) is 4.39 Å². The number of pyridine rings is 1. The molecule has 0 unspecified atom stereocenters. The molecule has 4 heteroatoms. The molecule has 0 aliphatic carbocycles. The van der Waals surface area contributed by atoms with Gasteiger partial charge in [0.05, 0.1) is 11.6 Å². The lowest BCUT2D eigenvalue weighted by molar-refractivity contribution is 0.313. The Morgan fingerprint density at radius 3 is 2.79 bits per heavy atom. The van der Waals surface area contributed by atoms with Crippen molar-refractivity contribution in [3.05, 3.63) is 65.2 Å². The number of nitrogens with zero attached hydrogens (tertiary/aromatic N) is 3. The summed E-state index contributed by atoms with van der Waals surface area (Å²) in [7, 11) is 1.92. The van der Waals surface area contributed by atoms with Crippen LogP contribution in [0.15, 0.2) is 42.7 Å². The van der Waals surface area contributed by atoms with E-state index in [9.17, 15) is 4.39 Å². The lowest BCUT2D eigenvalue weighted by Gasteiger charge is -2.17. The van der Waals surface area contributed by atoms with Gasteiger partial charge in [0.1, 0.15) is 5.82 Å². The fourth-order valence-electron chi connectivity index (χ4n) is 1.90. The predicted molar refractivity (Wildman–Crippen MR) is 70.5 cm³/mol. The van der Waals surface area contributed by atoms with E-state index < -0.39 is 0 Å². The average molecular weight is 255 g/mol. The first kappa shape index (κ1) is 13.2. The van der Waals surface area contributed by atoms with Crippen LogP contribution in [-0.4, -0.2) is 16.9 Å². The summed E-state index contributed by atoms with van der Waals surface area (Å²) in [4.78, 5) is 6.05. The zero-order valence-electron chi connectivity index (χ0n) is 10.7. The maximum atomic E-state index is 13.7. The molecule has 0 aliphatic heterocycles. The second-order valence-corrected chi connectivity index (χ2v) is 4.45. The molecule has 1 aromatic carbocycles. The summed E-state index contributed by atoms with van der Waals surface area (Å²) in [5, 5.41) is 8.70. The molecular weight excluding hydrogens is 241 g/mol. The predicted octanol–water partition coefficient (Wildman–Crippen LogP) is 2.72. The van der Waals surface area contributed by atoms with E-state index in [1.54, 1.807) is 24.5 Å². The maximum Gasteiger partial charge on any atom is 0.129 e. The van der Waals surface area contributed by atoms with E-state index in [1.807, 2.05) is 30.1 Å². The van der Waals surface area contributed by atoms with Gasteiger partial charge in [0.25, 0.3) is 0 Å². The Bertz CT molecular complexity index is 590. The van der Waals surface area contributed by atoms with Gasteiger partial charge in [-0.2, -0.15) is 5.26 Å². The van der Waals surface area contributed by atoms with Crippen molar-refractivity contribution in [1.82, 2.24) is 9.88 Å².